The Kier molecular flexibility index (Phi) is 4.66. The Morgan fingerprint density at radius 1 is 1.47 bits per heavy atom. The molecule has 0 saturated heterocycles. The highest BCUT2D eigenvalue weighted by Crippen LogP contribution is 2.25. The molecule has 2 rings (SSSR count). The van der Waals surface area contributed by atoms with Crippen LogP contribution in [0.5, 0.6) is 0 Å². The normalized spacial score (nSPS) is 13.1. The van der Waals surface area contributed by atoms with Crippen molar-refractivity contribution in [3.8, 4) is 0 Å². The lowest BCUT2D eigenvalue weighted by Crippen LogP contribution is -2.14. The summed E-state index contributed by atoms with van der Waals surface area (Å²) < 4.78 is 20.5. The highest BCUT2D eigenvalue weighted by atomic mass is 35.5. The highest BCUT2D eigenvalue weighted by Gasteiger charge is 2.15. The zero-order chi connectivity index (χ0) is 14.0. The SMILES string of the molecule is COCC(C)Cn1c(CCl)nc2cc(F)c(Cl)cc21. The first-order valence-electron chi connectivity index (χ1n) is 5.95. The standard InChI is InChI=1S/C13H15Cl2FN2O/c1-8(7-19-2)6-18-12-3-9(15)10(16)4-11(12)17-13(18)5-14/h3-4,8H,5-7H2,1-2H3. The summed E-state index contributed by atoms with van der Waals surface area (Å²) in [5.41, 5.74) is 1.37. The van der Waals surface area contributed by atoms with Crippen LogP contribution in [0.15, 0.2) is 12.1 Å². The number of aromatic nitrogens is 2. The second kappa shape index (κ2) is 6.07. The number of ether oxygens (including phenoxy) is 1. The number of methoxy groups -OCH3 is 1. The first-order chi connectivity index (χ1) is 9.06. The van der Waals surface area contributed by atoms with Crippen LogP contribution in [-0.4, -0.2) is 23.3 Å². The molecule has 0 amide bonds. The minimum absolute atomic E-state index is 0.0918. The molecule has 104 valence electrons. The van der Waals surface area contributed by atoms with E-state index in [1.165, 1.54) is 6.07 Å². The van der Waals surface area contributed by atoms with E-state index in [4.69, 9.17) is 27.9 Å². The van der Waals surface area contributed by atoms with Crippen molar-refractivity contribution >= 4 is 34.2 Å². The molecule has 0 spiro atoms. The van der Waals surface area contributed by atoms with Gasteiger partial charge in [-0.2, -0.15) is 0 Å². The molecule has 3 nitrogen and oxygen atoms in total. The van der Waals surface area contributed by atoms with E-state index < -0.39 is 5.82 Å². The van der Waals surface area contributed by atoms with Crippen LogP contribution in [0, 0.1) is 11.7 Å². The number of nitrogens with zero attached hydrogens (tertiary/aromatic N) is 2. The molecule has 0 aliphatic rings. The molecule has 1 heterocycles. The third kappa shape index (κ3) is 3.02. The van der Waals surface area contributed by atoms with Gasteiger partial charge in [-0.15, -0.1) is 11.6 Å². The molecule has 19 heavy (non-hydrogen) atoms. The van der Waals surface area contributed by atoms with Crippen molar-refractivity contribution < 1.29 is 9.13 Å². The van der Waals surface area contributed by atoms with E-state index >= 15 is 0 Å². The van der Waals surface area contributed by atoms with Gasteiger partial charge in [-0.25, -0.2) is 9.37 Å². The largest absolute Gasteiger partial charge is 0.384 e. The first kappa shape index (κ1) is 14.6. The number of hydrogen-bond acceptors (Lipinski definition) is 2. The Balaban J connectivity index is 2.47. The molecule has 1 unspecified atom stereocenters. The van der Waals surface area contributed by atoms with Crippen LogP contribution in [-0.2, 0) is 17.2 Å². The number of rotatable bonds is 5. The summed E-state index contributed by atoms with van der Waals surface area (Å²) in [4.78, 5) is 4.34. The van der Waals surface area contributed by atoms with Gasteiger partial charge in [0.2, 0.25) is 0 Å². The molecule has 0 aliphatic carbocycles. The van der Waals surface area contributed by atoms with Gasteiger partial charge in [-0.3, -0.25) is 0 Å². The fraction of sp³-hybridized carbons (Fsp3) is 0.462. The predicted molar refractivity (Wildman–Crippen MR) is 75.3 cm³/mol. The number of imidazole rings is 1. The van der Waals surface area contributed by atoms with Crippen molar-refractivity contribution in [3.63, 3.8) is 0 Å². The van der Waals surface area contributed by atoms with Gasteiger partial charge in [0.05, 0.1) is 28.5 Å². The second-order valence-electron chi connectivity index (χ2n) is 4.59. The van der Waals surface area contributed by atoms with E-state index in [0.717, 1.165) is 5.52 Å². The lowest BCUT2D eigenvalue weighted by Gasteiger charge is -2.14. The van der Waals surface area contributed by atoms with Crippen LogP contribution in [0.1, 0.15) is 12.7 Å². The molecule has 2 aromatic rings. The van der Waals surface area contributed by atoms with Gasteiger partial charge >= 0.3 is 0 Å². The van der Waals surface area contributed by atoms with Crippen molar-refractivity contribution in [3.05, 3.63) is 28.8 Å². The number of fused-ring (bicyclic) bond motifs is 1. The average molecular weight is 305 g/mol. The van der Waals surface area contributed by atoms with Gasteiger partial charge in [0.25, 0.3) is 0 Å². The van der Waals surface area contributed by atoms with E-state index in [0.29, 0.717) is 30.4 Å². The summed E-state index contributed by atoms with van der Waals surface area (Å²) in [6.07, 6.45) is 0. The topological polar surface area (TPSA) is 27.1 Å². The lowest BCUT2D eigenvalue weighted by molar-refractivity contribution is 0.151. The Morgan fingerprint density at radius 2 is 2.21 bits per heavy atom. The zero-order valence-electron chi connectivity index (χ0n) is 10.8. The first-order valence-corrected chi connectivity index (χ1v) is 6.87. The van der Waals surface area contributed by atoms with Crippen LogP contribution >= 0.6 is 23.2 Å². The number of hydrogen-bond donors (Lipinski definition) is 0. The highest BCUT2D eigenvalue weighted by molar-refractivity contribution is 6.31. The minimum atomic E-state index is -0.468. The quantitative estimate of drug-likeness (QED) is 0.785. The van der Waals surface area contributed by atoms with Crippen LogP contribution < -0.4 is 0 Å². The van der Waals surface area contributed by atoms with Crippen molar-refractivity contribution in [2.75, 3.05) is 13.7 Å². The van der Waals surface area contributed by atoms with Gasteiger partial charge in [0.15, 0.2) is 0 Å². The van der Waals surface area contributed by atoms with Crippen LogP contribution in [0.3, 0.4) is 0 Å². The fourth-order valence-electron chi connectivity index (χ4n) is 2.12. The van der Waals surface area contributed by atoms with Crippen LogP contribution in [0.4, 0.5) is 4.39 Å². The summed E-state index contributed by atoms with van der Waals surface area (Å²) in [6.45, 7) is 3.41. The van der Waals surface area contributed by atoms with Gasteiger partial charge in [-0.1, -0.05) is 18.5 Å². The summed E-state index contributed by atoms with van der Waals surface area (Å²) in [7, 11) is 1.66. The predicted octanol–water partition coefficient (Wildman–Crippen LogP) is 3.85. The van der Waals surface area contributed by atoms with Gasteiger partial charge < -0.3 is 9.30 Å². The summed E-state index contributed by atoms with van der Waals surface area (Å²) >= 11 is 11.7. The number of alkyl halides is 1. The Morgan fingerprint density at radius 3 is 2.84 bits per heavy atom. The Labute approximate surface area is 121 Å². The average Bonchev–Trinajstić information content (AvgIpc) is 2.68. The van der Waals surface area contributed by atoms with Gasteiger partial charge in [0.1, 0.15) is 11.6 Å². The molecule has 0 N–H and O–H groups in total. The third-order valence-corrected chi connectivity index (χ3v) is 3.46. The summed E-state index contributed by atoms with van der Waals surface area (Å²) in [5, 5.41) is 0.0918. The molecule has 1 atom stereocenters. The fourth-order valence-corrected chi connectivity index (χ4v) is 2.49. The third-order valence-electron chi connectivity index (χ3n) is 2.93. The van der Waals surface area contributed by atoms with Gasteiger partial charge in [-0.05, 0) is 12.0 Å². The summed E-state index contributed by atoms with van der Waals surface area (Å²) in [5.74, 6) is 0.813. The smallest absolute Gasteiger partial charge is 0.144 e. The van der Waals surface area contributed by atoms with E-state index in [1.807, 2.05) is 4.57 Å². The molecule has 0 radical (unpaired) electrons. The van der Waals surface area contributed by atoms with Crippen LogP contribution in [0.2, 0.25) is 5.02 Å². The molecule has 1 aromatic carbocycles. The lowest BCUT2D eigenvalue weighted by atomic mass is 10.2. The molecular formula is C13H15Cl2FN2O. The molecule has 1 aromatic heterocycles. The molecular weight excluding hydrogens is 290 g/mol. The van der Waals surface area contributed by atoms with Crippen molar-refractivity contribution in [2.24, 2.45) is 5.92 Å². The van der Waals surface area contributed by atoms with E-state index in [1.54, 1.807) is 13.2 Å². The maximum absolute atomic E-state index is 13.4. The molecule has 6 heteroatoms. The maximum atomic E-state index is 13.4. The molecule has 0 bridgehead atoms. The van der Waals surface area contributed by atoms with Crippen molar-refractivity contribution in [2.45, 2.75) is 19.3 Å². The Bertz CT molecular complexity index is 586. The van der Waals surface area contributed by atoms with Crippen molar-refractivity contribution in [1.29, 1.82) is 0 Å². The summed E-state index contributed by atoms with van der Waals surface area (Å²) in [6, 6.07) is 2.93. The Hall–Kier alpha value is -0.840. The second-order valence-corrected chi connectivity index (χ2v) is 5.26. The molecule has 0 saturated carbocycles. The number of benzene rings is 1. The van der Waals surface area contributed by atoms with E-state index in [9.17, 15) is 4.39 Å². The van der Waals surface area contributed by atoms with Crippen LogP contribution in [0.25, 0.3) is 11.0 Å². The molecule has 0 aliphatic heterocycles. The minimum Gasteiger partial charge on any atom is -0.384 e. The van der Waals surface area contributed by atoms with Gasteiger partial charge in [0, 0.05) is 19.7 Å². The molecule has 0 fully saturated rings. The van der Waals surface area contributed by atoms with E-state index in [2.05, 4.69) is 11.9 Å². The zero-order valence-corrected chi connectivity index (χ0v) is 12.3. The maximum Gasteiger partial charge on any atom is 0.144 e. The monoisotopic (exact) mass is 304 g/mol. The number of halogens is 3. The van der Waals surface area contributed by atoms with E-state index in [-0.39, 0.29) is 10.9 Å². The van der Waals surface area contributed by atoms with Crippen molar-refractivity contribution in [1.82, 2.24) is 9.55 Å².